The molecule has 0 saturated heterocycles. The Morgan fingerprint density at radius 1 is 1.23 bits per heavy atom. The molecule has 0 aliphatic heterocycles. The molecule has 0 atom stereocenters. The molecule has 2 aromatic rings. The van der Waals surface area contributed by atoms with Gasteiger partial charge in [0.25, 0.3) is 0 Å². The van der Waals surface area contributed by atoms with Crippen LogP contribution in [0.25, 0.3) is 5.69 Å². The summed E-state index contributed by atoms with van der Waals surface area (Å²) >= 11 is 0. The number of nitrogens with one attached hydrogen (secondary N) is 2. The monoisotopic (exact) mass is 467 g/mol. The van der Waals surface area contributed by atoms with Crippen LogP contribution < -0.4 is 10.6 Å². The maximum Gasteiger partial charge on any atom is 0.191 e. The van der Waals surface area contributed by atoms with Gasteiger partial charge < -0.3 is 10.6 Å². The quantitative estimate of drug-likeness (QED) is 0.281. The zero-order valence-electron chi connectivity index (χ0n) is 16.0. The van der Waals surface area contributed by atoms with Gasteiger partial charge in [-0.1, -0.05) is 31.0 Å². The molecule has 1 aliphatic carbocycles. The van der Waals surface area contributed by atoms with E-state index in [0.717, 1.165) is 42.0 Å². The zero-order chi connectivity index (χ0) is 17.6. The fraction of sp³-hybridized carbons (Fsp3) is 0.500. The van der Waals surface area contributed by atoms with Crippen molar-refractivity contribution in [2.24, 2.45) is 10.9 Å². The Hall–Kier alpha value is -1.57. The van der Waals surface area contributed by atoms with E-state index in [0.29, 0.717) is 0 Å². The minimum atomic E-state index is 0. The van der Waals surface area contributed by atoms with Crippen LogP contribution >= 0.6 is 24.0 Å². The number of guanidine groups is 1. The third-order valence-corrected chi connectivity index (χ3v) is 4.68. The van der Waals surface area contributed by atoms with Gasteiger partial charge in [-0.2, -0.15) is 5.10 Å². The molecule has 3 rings (SSSR count). The second-order valence-electron chi connectivity index (χ2n) is 6.91. The number of aryl methyl sites for hydroxylation is 2. The van der Waals surface area contributed by atoms with Gasteiger partial charge in [0, 0.05) is 25.8 Å². The normalized spacial score (nSPS) is 14.0. The molecule has 142 valence electrons. The molecule has 5 nitrogen and oxygen atoms in total. The molecular weight excluding hydrogens is 437 g/mol. The summed E-state index contributed by atoms with van der Waals surface area (Å²) in [5.41, 5.74) is 4.50. The number of hydrogen-bond donors (Lipinski definition) is 2. The van der Waals surface area contributed by atoms with Crippen molar-refractivity contribution in [1.29, 1.82) is 0 Å². The van der Waals surface area contributed by atoms with Gasteiger partial charge >= 0.3 is 0 Å². The first-order valence-corrected chi connectivity index (χ1v) is 9.23. The van der Waals surface area contributed by atoms with E-state index in [1.165, 1.54) is 31.2 Å². The van der Waals surface area contributed by atoms with Crippen LogP contribution in [0.5, 0.6) is 0 Å². The first-order valence-electron chi connectivity index (χ1n) is 9.23. The van der Waals surface area contributed by atoms with Crippen molar-refractivity contribution in [1.82, 2.24) is 20.4 Å². The second kappa shape index (κ2) is 9.94. The molecule has 1 aromatic heterocycles. The van der Waals surface area contributed by atoms with Gasteiger partial charge in [0.1, 0.15) is 0 Å². The molecule has 0 spiro atoms. The lowest BCUT2D eigenvalue weighted by Gasteiger charge is -2.15. The number of benzene rings is 1. The van der Waals surface area contributed by atoms with Crippen LogP contribution in [0.2, 0.25) is 0 Å². The minimum absolute atomic E-state index is 0. The molecule has 0 bridgehead atoms. The van der Waals surface area contributed by atoms with Crippen molar-refractivity contribution in [2.45, 2.75) is 46.1 Å². The summed E-state index contributed by atoms with van der Waals surface area (Å²) in [5.74, 6) is 1.85. The van der Waals surface area contributed by atoms with E-state index in [1.54, 1.807) is 0 Å². The number of halogens is 1. The van der Waals surface area contributed by atoms with Gasteiger partial charge in [-0.05, 0) is 50.3 Å². The highest BCUT2D eigenvalue weighted by molar-refractivity contribution is 14.0. The van der Waals surface area contributed by atoms with E-state index in [2.05, 4.69) is 58.0 Å². The van der Waals surface area contributed by atoms with Crippen molar-refractivity contribution in [3.8, 4) is 5.69 Å². The Morgan fingerprint density at radius 3 is 2.65 bits per heavy atom. The predicted octanol–water partition coefficient (Wildman–Crippen LogP) is 3.96. The van der Waals surface area contributed by atoms with Crippen molar-refractivity contribution in [3.63, 3.8) is 0 Å². The van der Waals surface area contributed by atoms with E-state index in [4.69, 9.17) is 0 Å². The summed E-state index contributed by atoms with van der Waals surface area (Å²) in [6.07, 6.45) is 5.41. The first-order chi connectivity index (χ1) is 12.2. The fourth-order valence-electron chi connectivity index (χ4n) is 3.14. The summed E-state index contributed by atoms with van der Waals surface area (Å²) < 4.78 is 2.01. The fourth-order valence-corrected chi connectivity index (χ4v) is 3.14. The van der Waals surface area contributed by atoms with Crippen LogP contribution in [-0.2, 0) is 6.54 Å². The van der Waals surface area contributed by atoms with E-state index in [9.17, 15) is 0 Å². The molecule has 1 fully saturated rings. The van der Waals surface area contributed by atoms with E-state index < -0.39 is 0 Å². The predicted molar refractivity (Wildman–Crippen MR) is 119 cm³/mol. The maximum absolute atomic E-state index is 4.61. The van der Waals surface area contributed by atoms with Crippen LogP contribution in [0.15, 0.2) is 35.3 Å². The number of rotatable bonds is 7. The number of para-hydroxylation sites is 1. The SMILES string of the molecule is CN=C(NCCCC1CC1)NCc1ccccc1-n1nc(C)cc1C.I. The Labute approximate surface area is 173 Å². The average molecular weight is 467 g/mol. The molecule has 0 amide bonds. The minimum Gasteiger partial charge on any atom is -0.356 e. The molecule has 1 aliphatic rings. The van der Waals surface area contributed by atoms with Crippen LogP contribution in [0.3, 0.4) is 0 Å². The Kier molecular flexibility index (Phi) is 7.93. The van der Waals surface area contributed by atoms with Gasteiger partial charge in [0.05, 0.1) is 11.4 Å². The Bertz CT molecular complexity index is 734. The third kappa shape index (κ3) is 5.72. The van der Waals surface area contributed by atoms with Crippen LogP contribution in [0, 0.1) is 19.8 Å². The van der Waals surface area contributed by atoms with Crippen molar-refractivity contribution in [2.75, 3.05) is 13.6 Å². The van der Waals surface area contributed by atoms with E-state index in [-0.39, 0.29) is 24.0 Å². The highest BCUT2D eigenvalue weighted by atomic mass is 127. The summed E-state index contributed by atoms with van der Waals surface area (Å²) in [7, 11) is 1.82. The summed E-state index contributed by atoms with van der Waals surface area (Å²) in [6.45, 7) is 5.81. The lowest BCUT2D eigenvalue weighted by molar-refractivity contribution is 0.644. The standard InChI is InChI=1S/C20H29N5.HI/c1-15-13-16(2)25(24-15)19-9-5-4-8-18(19)14-23-20(21-3)22-12-6-7-17-10-11-17;/h4-5,8-9,13,17H,6-7,10-12,14H2,1-3H3,(H2,21,22,23);1H. The van der Waals surface area contributed by atoms with Crippen LogP contribution in [-0.4, -0.2) is 29.3 Å². The lowest BCUT2D eigenvalue weighted by Crippen LogP contribution is -2.37. The number of hydrogen-bond acceptors (Lipinski definition) is 2. The van der Waals surface area contributed by atoms with Crippen LogP contribution in [0.1, 0.15) is 42.6 Å². The first kappa shape index (κ1) is 20.7. The Morgan fingerprint density at radius 2 is 2.00 bits per heavy atom. The van der Waals surface area contributed by atoms with E-state index >= 15 is 0 Å². The number of nitrogens with zero attached hydrogens (tertiary/aromatic N) is 3. The summed E-state index contributed by atoms with van der Waals surface area (Å²) in [5, 5.41) is 11.5. The highest BCUT2D eigenvalue weighted by Crippen LogP contribution is 2.33. The molecule has 1 saturated carbocycles. The van der Waals surface area contributed by atoms with Gasteiger partial charge in [0.2, 0.25) is 0 Å². The molecule has 26 heavy (non-hydrogen) atoms. The van der Waals surface area contributed by atoms with Gasteiger partial charge in [-0.3, -0.25) is 4.99 Å². The molecule has 0 radical (unpaired) electrons. The largest absolute Gasteiger partial charge is 0.356 e. The number of aliphatic imine (C=N–C) groups is 1. The molecule has 6 heteroatoms. The number of aromatic nitrogens is 2. The highest BCUT2D eigenvalue weighted by Gasteiger charge is 2.20. The van der Waals surface area contributed by atoms with Crippen molar-refractivity contribution in [3.05, 3.63) is 47.3 Å². The topological polar surface area (TPSA) is 54.2 Å². The maximum atomic E-state index is 4.61. The van der Waals surface area contributed by atoms with Gasteiger partial charge in [-0.15, -0.1) is 24.0 Å². The average Bonchev–Trinajstić information content (AvgIpc) is 3.37. The summed E-state index contributed by atoms with van der Waals surface area (Å²) in [6, 6.07) is 10.5. The van der Waals surface area contributed by atoms with Crippen LogP contribution in [0.4, 0.5) is 0 Å². The molecule has 1 aromatic carbocycles. The molecule has 0 unspecified atom stereocenters. The Balaban J connectivity index is 0.00000243. The second-order valence-corrected chi connectivity index (χ2v) is 6.91. The van der Waals surface area contributed by atoms with Crippen molar-refractivity contribution >= 4 is 29.9 Å². The van der Waals surface area contributed by atoms with Gasteiger partial charge in [0.15, 0.2) is 5.96 Å². The molecule has 2 N–H and O–H groups in total. The zero-order valence-corrected chi connectivity index (χ0v) is 18.3. The summed E-state index contributed by atoms with van der Waals surface area (Å²) in [4.78, 5) is 4.33. The third-order valence-electron chi connectivity index (χ3n) is 4.68. The molecule has 1 heterocycles. The van der Waals surface area contributed by atoms with E-state index in [1.807, 2.05) is 18.7 Å². The van der Waals surface area contributed by atoms with Crippen molar-refractivity contribution < 1.29 is 0 Å². The lowest BCUT2D eigenvalue weighted by atomic mass is 10.1. The smallest absolute Gasteiger partial charge is 0.191 e. The molecular formula is C20H30IN5. The van der Waals surface area contributed by atoms with Gasteiger partial charge in [-0.25, -0.2) is 4.68 Å².